The van der Waals surface area contributed by atoms with Gasteiger partial charge in [0.1, 0.15) is 5.78 Å². The van der Waals surface area contributed by atoms with Gasteiger partial charge in [0.25, 0.3) is 0 Å². The first-order chi connectivity index (χ1) is 5.08. The third-order valence-corrected chi connectivity index (χ3v) is 2.65. The normalized spacial score (nSPS) is 47.2. The van der Waals surface area contributed by atoms with Crippen LogP contribution in [0.3, 0.4) is 0 Å². The summed E-state index contributed by atoms with van der Waals surface area (Å²) in [4.78, 5) is 21.0. The fourth-order valence-corrected chi connectivity index (χ4v) is 1.99. The summed E-state index contributed by atoms with van der Waals surface area (Å²) in [6, 6.07) is 0. The lowest BCUT2D eigenvalue weighted by Gasteiger charge is -2.10. The quantitative estimate of drug-likeness (QED) is 0.493. The van der Waals surface area contributed by atoms with Gasteiger partial charge in [-0.15, -0.1) is 0 Å². The second kappa shape index (κ2) is 1.62. The number of carbonyl (C=O) groups excluding carboxylic acids is 2. The Balaban J connectivity index is 2.25. The summed E-state index contributed by atoms with van der Waals surface area (Å²) in [6.07, 6.45) is 0.697. The molecule has 2 aliphatic rings. The molecule has 4 heteroatoms. The molecule has 0 radical (unpaired) electrons. The van der Waals surface area contributed by atoms with Crippen molar-refractivity contribution >= 4 is 11.8 Å². The number of carbonyl (C=O) groups is 2. The van der Waals surface area contributed by atoms with Gasteiger partial charge in [-0.2, -0.15) is 0 Å². The smallest absolute Gasteiger partial charge is 0.163 e. The maximum atomic E-state index is 13.1. The minimum Gasteiger partial charge on any atom is -0.547 e. The van der Waals surface area contributed by atoms with Gasteiger partial charge < -0.3 is 9.90 Å². The van der Waals surface area contributed by atoms with Crippen LogP contribution in [-0.2, 0) is 9.59 Å². The molecule has 0 heterocycles. The molecule has 0 spiro atoms. The van der Waals surface area contributed by atoms with E-state index >= 15 is 0 Å². The van der Waals surface area contributed by atoms with Gasteiger partial charge in [0.2, 0.25) is 0 Å². The number of rotatable bonds is 1. The van der Waals surface area contributed by atoms with E-state index in [1.165, 1.54) is 0 Å². The van der Waals surface area contributed by atoms with Gasteiger partial charge in [-0.25, -0.2) is 4.39 Å². The number of alkyl halides is 1. The number of hydrogen-bond donors (Lipinski definition) is 0. The highest BCUT2D eigenvalue weighted by Crippen LogP contribution is 2.61. The van der Waals surface area contributed by atoms with Crippen LogP contribution in [0.1, 0.15) is 12.8 Å². The average molecular weight is 157 g/mol. The van der Waals surface area contributed by atoms with Crippen LogP contribution in [0.2, 0.25) is 0 Å². The number of fused-ring (bicyclic) bond motifs is 1. The molecule has 2 fully saturated rings. The summed E-state index contributed by atoms with van der Waals surface area (Å²) in [5.74, 6) is -3.45. The average Bonchev–Trinajstić information content (AvgIpc) is 2.30. The van der Waals surface area contributed by atoms with Crippen LogP contribution in [0.25, 0.3) is 0 Å². The van der Waals surface area contributed by atoms with Crippen molar-refractivity contribution in [2.45, 2.75) is 18.5 Å². The fourth-order valence-electron chi connectivity index (χ4n) is 1.99. The Morgan fingerprint density at radius 2 is 2.36 bits per heavy atom. The van der Waals surface area contributed by atoms with Gasteiger partial charge in [-0.05, 0) is 6.42 Å². The number of aliphatic carboxylic acids is 1. The van der Waals surface area contributed by atoms with Crippen molar-refractivity contribution in [3.8, 4) is 0 Å². The third-order valence-electron chi connectivity index (χ3n) is 2.65. The van der Waals surface area contributed by atoms with Crippen LogP contribution >= 0.6 is 0 Å². The Morgan fingerprint density at radius 3 is 2.64 bits per heavy atom. The fraction of sp³-hybridized carbons (Fsp3) is 0.714. The summed E-state index contributed by atoms with van der Waals surface area (Å²) in [5.41, 5.74) is -2.31. The monoisotopic (exact) mass is 157 g/mol. The predicted octanol–water partition coefficient (Wildman–Crippen LogP) is -0.947. The Kier molecular flexibility index (Phi) is 0.998. The molecule has 60 valence electrons. The number of carboxylic acids is 1. The molecule has 0 aromatic carbocycles. The van der Waals surface area contributed by atoms with Gasteiger partial charge in [0.05, 0.1) is 11.9 Å². The standard InChI is InChI=1S/C7H7FO3/c8-7(6(10)11)3-1-2-4(9)5(3)7/h3,5H,1-2H2,(H,10,11)/p-1. The van der Waals surface area contributed by atoms with E-state index in [9.17, 15) is 19.1 Å². The molecule has 3 atom stereocenters. The Morgan fingerprint density at radius 1 is 1.73 bits per heavy atom. The van der Waals surface area contributed by atoms with Crippen molar-refractivity contribution in [3.63, 3.8) is 0 Å². The maximum Gasteiger partial charge on any atom is 0.163 e. The lowest BCUT2D eigenvalue weighted by Crippen LogP contribution is -2.38. The second-order valence-electron chi connectivity index (χ2n) is 3.14. The summed E-state index contributed by atoms with van der Waals surface area (Å²) < 4.78 is 13.1. The SMILES string of the molecule is O=C1CCC2C1C2(F)C(=O)[O-]. The molecule has 2 rings (SSSR count). The van der Waals surface area contributed by atoms with E-state index in [1.54, 1.807) is 0 Å². The highest BCUT2D eigenvalue weighted by molar-refractivity contribution is 5.98. The molecule has 2 aliphatic carbocycles. The number of carboxylic acid groups (broad SMARTS) is 1. The van der Waals surface area contributed by atoms with Crippen molar-refractivity contribution < 1.29 is 19.1 Å². The molecule has 3 nitrogen and oxygen atoms in total. The zero-order valence-corrected chi connectivity index (χ0v) is 5.67. The maximum absolute atomic E-state index is 13.1. The Bertz CT molecular complexity index is 248. The highest BCUT2D eigenvalue weighted by Gasteiger charge is 2.72. The largest absolute Gasteiger partial charge is 0.547 e. The molecule has 0 aromatic heterocycles. The minimum absolute atomic E-state index is 0.262. The summed E-state index contributed by atoms with van der Waals surface area (Å²) in [6.45, 7) is 0. The van der Waals surface area contributed by atoms with E-state index in [0.29, 0.717) is 12.8 Å². The van der Waals surface area contributed by atoms with Crippen LogP contribution in [0.5, 0.6) is 0 Å². The van der Waals surface area contributed by atoms with Crippen LogP contribution in [-0.4, -0.2) is 17.4 Å². The van der Waals surface area contributed by atoms with E-state index < -0.39 is 23.5 Å². The third kappa shape index (κ3) is 0.575. The highest BCUT2D eigenvalue weighted by atomic mass is 19.1. The van der Waals surface area contributed by atoms with Crippen LogP contribution in [0.4, 0.5) is 4.39 Å². The molecule has 0 aromatic rings. The van der Waals surface area contributed by atoms with Crippen molar-refractivity contribution in [1.29, 1.82) is 0 Å². The summed E-state index contributed by atoms with van der Waals surface area (Å²) >= 11 is 0. The predicted molar refractivity (Wildman–Crippen MR) is 30.1 cm³/mol. The van der Waals surface area contributed by atoms with E-state index in [0.717, 1.165) is 0 Å². The first-order valence-electron chi connectivity index (χ1n) is 3.51. The molecule has 0 aliphatic heterocycles. The van der Waals surface area contributed by atoms with Crippen molar-refractivity contribution in [1.82, 2.24) is 0 Å². The van der Waals surface area contributed by atoms with Crippen LogP contribution < -0.4 is 5.11 Å². The molecule has 0 bridgehead atoms. The molecular weight excluding hydrogens is 151 g/mol. The van der Waals surface area contributed by atoms with E-state index in [2.05, 4.69) is 0 Å². The Labute approximate surface area is 62.2 Å². The number of Topliss-reactive ketones (excluding diaryl/α,β-unsaturated/α-hetero) is 1. The Hall–Kier alpha value is -0.930. The first kappa shape index (κ1) is 6.76. The molecule has 3 unspecified atom stereocenters. The van der Waals surface area contributed by atoms with Gasteiger partial charge in [0, 0.05) is 12.3 Å². The minimum atomic E-state index is -2.31. The van der Waals surface area contributed by atoms with Crippen molar-refractivity contribution in [2.24, 2.45) is 11.8 Å². The molecule has 2 saturated carbocycles. The first-order valence-corrected chi connectivity index (χ1v) is 3.51. The zero-order chi connectivity index (χ0) is 8.22. The van der Waals surface area contributed by atoms with Gasteiger partial charge in [0.15, 0.2) is 5.67 Å². The van der Waals surface area contributed by atoms with Crippen LogP contribution in [0.15, 0.2) is 0 Å². The zero-order valence-electron chi connectivity index (χ0n) is 5.67. The van der Waals surface area contributed by atoms with Gasteiger partial charge in [-0.1, -0.05) is 0 Å². The number of hydrogen-bond acceptors (Lipinski definition) is 3. The molecule has 0 amide bonds. The summed E-state index contributed by atoms with van der Waals surface area (Å²) in [5, 5.41) is 10.2. The lowest BCUT2D eigenvalue weighted by molar-refractivity contribution is -0.315. The molecular formula is C7H6FO3-. The van der Waals surface area contributed by atoms with E-state index in [4.69, 9.17) is 0 Å². The van der Waals surface area contributed by atoms with Crippen molar-refractivity contribution in [2.75, 3.05) is 0 Å². The molecule has 0 saturated heterocycles. The lowest BCUT2D eigenvalue weighted by atomic mass is 10.1. The van der Waals surface area contributed by atoms with E-state index in [-0.39, 0.29) is 5.78 Å². The summed E-state index contributed by atoms with van der Waals surface area (Å²) in [7, 11) is 0. The topological polar surface area (TPSA) is 57.2 Å². The second-order valence-corrected chi connectivity index (χ2v) is 3.14. The number of halogens is 1. The van der Waals surface area contributed by atoms with Crippen molar-refractivity contribution in [3.05, 3.63) is 0 Å². The molecule has 0 N–H and O–H groups in total. The number of ketones is 1. The van der Waals surface area contributed by atoms with Gasteiger partial charge in [-0.3, -0.25) is 4.79 Å². The van der Waals surface area contributed by atoms with Gasteiger partial charge >= 0.3 is 0 Å². The molecule has 11 heavy (non-hydrogen) atoms. The van der Waals surface area contributed by atoms with Crippen LogP contribution in [0, 0.1) is 11.8 Å². The van der Waals surface area contributed by atoms with E-state index in [1.807, 2.05) is 0 Å².